The number of methoxy groups -OCH3 is 1. The normalized spacial score (nSPS) is 12.0. The molecule has 27 heavy (non-hydrogen) atoms. The van der Waals surface area contributed by atoms with Gasteiger partial charge in [0.2, 0.25) is 0 Å². The second-order valence-electron chi connectivity index (χ2n) is 5.54. The highest BCUT2D eigenvalue weighted by Crippen LogP contribution is 2.43. The summed E-state index contributed by atoms with van der Waals surface area (Å²) in [6.07, 6.45) is 0. The number of esters is 1. The van der Waals surface area contributed by atoms with Crippen LogP contribution in [-0.2, 0) is 15.6 Å². The van der Waals surface area contributed by atoms with E-state index in [1.54, 1.807) is 48.5 Å². The van der Waals surface area contributed by atoms with E-state index >= 15 is 0 Å². The molecule has 9 heteroatoms. The lowest BCUT2D eigenvalue weighted by atomic mass is 10.0. The van der Waals surface area contributed by atoms with Crippen LogP contribution in [0.25, 0.3) is 22.5 Å². The number of ether oxygens (including phenoxy) is 1. The van der Waals surface area contributed by atoms with Gasteiger partial charge in [0.25, 0.3) is 0 Å². The van der Waals surface area contributed by atoms with Crippen LogP contribution in [0.2, 0.25) is 0 Å². The van der Waals surface area contributed by atoms with E-state index in [1.165, 1.54) is 12.1 Å². The van der Waals surface area contributed by atoms with Gasteiger partial charge in [-0.2, -0.15) is 22.2 Å². The molecule has 0 radical (unpaired) electrons. The summed E-state index contributed by atoms with van der Waals surface area (Å²) in [7, 11) is 0.598. The van der Waals surface area contributed by atoms with E-state index in [9.17, 15) is 22.4 Å². The third-order valence-corrected chi connectivity index (χ3v) is 3.85. The van der Waals surface area contributed by atoms with Crippen LogP contribution in [0.3, 0.4) is 0 Å². The maximum Gasteiger partial charge on any atom is 0.426 e. The van der Waals surface area contributed by atoms with Crippen molar-refractivity contribution in [2.24, 2.45) is 0 Å². The minimum atomic E-state index is -5.15. The average Bonchev–Trinajstić information content (AvgIpc) is 3.14. The summed E-state index contributed by atoms with van der Waals surface area (Å²) < 4.78 is 61.1. The van der Waals surface area contributed by atoms with E-state index in [-0.39, 0.29) is 21.6 Å². The molecule has 2 aromatic carbocycles. The van der Waals surface area contributed by atoms with Gasteiger partial charge in [0.05, 0.1) is 7.11 Å². The molecule has 0 saturated heterocycles. The number of nitrogens with zero attached hydrogens (tertiary/aromatic N) is 3. The second-order valence-corrected chi connectivity index (χ2v) is 5.54. The van der Waals surface area contributed by atoms with Gasteiger partial charge in [0, 0.05) is 11.1 Å². The molecule has 5 nitrogen and oxygen atoms in total. The Labute approximate surface area is 151 Å². The van der Waals surface area contributed by atoms with Crippen LogP contribution in [-0.4, -0.2) is 34.0 Å². The summed E-state index contributed by atoms with van der Waals surface area (Å²) in [5, 5.41) is 6.93. The minimum Gasteiger partial charge on any atom is -0.464 e. The van der Waals surface area contributed by atoms with Crippen LogP contribution >= 0.6 is 0 Å². The Morgan fingerprint density at radius 1 is 0.926 bits per heavy atom. The fraction of sp³-hybridized carbons (Fsp3) is 0.167. The summed E-state index contributed by atoms with van der Waals surface area (Å²) in [4.78, 5) is 11.3. The molecule has 0 unspecified atom stereocenters. The standard InChI is InChI=1S/C18H13F4N3O2/c1-27-16(26)17(19,20)18(21,22)25-15(13-10-6-3-7-11-13)14(23-24-25)12-8-4-2-5-9-12/h2-11H,1H3. The molecule has 3 rings (SSSR count). The zero-order valence-electron chi connectivity index (χ0n) is 13.9. The van der Waals surface area contributed by atoms with Crippen molar-refractivity contribution in [1.29, 1.82) is 0 Å². The highest BCUT2D eigenvalue weighted by molar-refractivity contribution is 5.80. The third kappa shape index (κ3) is 3.05. The Balaban J connectivity index is 2.26. The lowest BCUT2D eigenvalue weighted by Gasteiger charge is -2.25. The summed E-state index contributed by atoms with van der Waals surface area (Å²) in [6.45, 7) is 0. The molecule has 0 amide bonds. The second kappa shape index (κ2) is 6.82. The Hall–Kier alpha value is -3.23. The van der Waals surface area contributed by atoms with Crippen LogP contribution < -0.4 is 0 Å². The van der Waals surface area contributed by atoms with Crippen LogP contribution in [0.1, 0.15) is 0 Å². The maximum absolute atomic E-state index is 14.7. The zero-order valence-corrected chi connectivity index (χ0v) is 13.9. The Bertz CT molecular complexity index is 944. The molecule has 0 aliphatic heterocycles. The monoisotopic (exact) mass is 379 g/mol. The molecule has 0 aliphatic carbocycles. The van der Waals surface area contributed by atoms with Gasteiger partial charge in [-0.3, -0.25) is 0 Å². The highest BCUT2D eigenvalue weighted by Gasteiger charge is 2.66. The predicted octanol–water partition coefficient (Wildman–Crippen LogP) is 3.97. The molecular formula is C18H13F4N3O2. The lowest BCUT2D eigenvalue weighted by Crippen LogP contribution is -2.50. The van der Waals surface area contributed by atoms with Crippen molar-refractivity contribution in [2.45, 2.75) is 12.0 Å². The number of rotatable bonds is 5. The van der Waals surface area contributed by atoms with Crippen LogP contribution in [0.4, 0.5) is 17.6 Å². The molecule has 3 aromatic rings. The van der Waals surface area contributed by atoms with Gasteiger partial charge >= 0.3 is 17.9 Å². The molecule has 0 atom stereocenters. The average molecular weight is 379 g/mol. The van der Waals surface area contributed by atoms with Gasteiger partial charge in [0.1, 0.15) is 11.4 Å². The molecule has 1 aromatic heterocycles. The maximum atomic E-state index is 14.7. The molecule has 0 spiro atoms. The first-order valence-electron chi connectivity index (χ1n) is 7.71. The number of aromatic nitrogens is 3. The van der Waals surface area contributed by atoms with E-state index in [1.807, 2.05) is 0 Å². The smallest absolute Gasteiger partial charge is 0.426 e. The van der Waals surface area contributed by atoms with Crippen molar-refractivity contribution < 1.29 is 27.1 Å². The van der Waals surface area contributed by atoms with Gasteiger partial charge in [-0.15, -0.1) is 5.10 Å². The molecule has 0 saturated carbocycles. The lowest BCUT2D eigenvalue weighted by molar-refractivity contribution is -0.265. The van der Waals surface area contributed by atoms with Crippen molar-refractivity contribution in [2.75, 3.05) is 7.11 Å². The van der Waals surface area contributed by atoms with Crippen LogP contribution in [0.15, 0.2) is 60.7 Å². The van der Waals surface area contributed by atoms with E-state index in [2.05, 4.69) is 15.0 Å². The third-order valence-electron chi connectivity index (χ3n) is 3.85. The van der Waals surface area contributed by atoms with E-state index in [0.29, 0.717) is 12.7 Å². The number of carbonyl (C=O) groups excluding carboxylic acids is 1. The van der Waals surface area contributed by atoms with Crippen molar-refractivity contribution in [1.82, 2.24) is 15.0 Å². The first-order chi connectivity index (χ1) is 12.8. The van der Waals surface area contributed by atoms with Gasteiger partial charge < -0.3 is 4.74 Å². The molecule has 0 fully saturated rings. The summed E-state index contributed by atoms with van der Waals surface area (Å²) in [6, 6.07) is 10.8. The van der Waals surface area contributed by atoms with Gasteiger partial charge in [-0.1, -0.05) is 65.9 Å². The van der Waals surface area contributed by atoms with Crippen molar-refractivity contribution in [3.05, 3.63) is 60.7 Å². The quantitative estimate of drug-likeness (QED) is 0.497. The van der Waals surface area contributed by atoms with E-state index in [0.717, 1.165) is 0 Å². The summed E-state index contributed by atoms with van der Waals surface area (Å²) >= 11 is 0. The number of carbonyl (C=O) groups is 1. The summed E-state index contributed by atoms with van der Waals surface area (Å²) in [5.74, 6) is -7.52. The Kier molecular flexibility index (Phi) is 4.69. The first-order valence-corrected chi connectivity index (χ1v) is 7.71. The molecule has 0 bridgehead atoms. The topological polar surface area (TPSA) is 57.0 Å². The predicted molar refractivity (Wildman–Crippen MR) is 88.0 cm³/mol. The largest absolute Gasteiger partial charge is 0.464 e. The van der Waals surface area contributed by atoms with Gasteiger partial charge in [-0.25, -0.2) is 4.79 Å². The number of halogens is 4. The van der Waals surface area contributed by atoms with E-state index < -0.39 is 17.9 Å². The highest BCUT2D eigenvalue weighted by atomic mass is 19.3. The summed E-state index contributed by atoms with van der Waals surface area (Å²) in [5.41, 5.74) is 0.207. The molecule has 1 heterocycles. The van der Waals surface area contributed by atoms with Crippen molar-refractivity contribution in [3.63, 3.8) is 0 Å². The van der Waals surface area contributed by atoms with E-state index in [4.69, 9.17) is 0 Å². The first kappa shape index (κ1) is 18.6. The minimum absolute atomic E-state index is 0.0258. The van der Waals surface area contributed by atoms with Crippen LogP contribution in [0, 0.1) is 0 Å². The van der Waals surface area contributed by atoms with Crippen molar-refractivity contribution in [3.8, 4) is 22.5 Å². The molecule has 140 valence electrons. The SMILES string of the molecule is COC(=O)C(F)(F)C(F)(F)n1nnc(-c2ccccc2)c1-c1ccccc1. The van der Waals surface area contributed by atoms with Gasteiger partial charge in [0.15, 0.2) is 0 Å². The van der Waals surface area contributed by atoms with Gasteiger partial charge in [-0.05, 0) is 0 Å². The number of alkyl halides is 4. The number of hydrogen-bond acceptors (Lipinski definition) is 4. The zero-order chi connectivity index (χ0) is 19.7. The molecular weight excluding hydrogens is 366 g/mol. The number of benzene rings is 2. The van der Waals surface area contributed by atoms with Crippen molar-refractivity contribution >= 4 is 5.97 Å². The fourth-order valence-electron chi connectivity index (χ4n) is 2.51. The Morgan fingerprint density at radius 2 is 1.44 bits per heavy atom. The fourth-order valence-corrected chi connectivity index (χ4v) is 2.51. The molecule has 0 aliphatic rings. The molecule has 0 N–H and O–H groups in total. The number of hydrogen-bond donors (Lipinski definition) is 0. The Morgan fingerprint density at radius 3 is 1.96 bits per heavy atom. The van der Waals surface area contributed by atoms with Crippen LogP contribution in [0.5, 0.6) is 0 Å².